The monoisotopic (exact) mass is 251 g/mol. The molecule has 18 heavy (non-hydrogen) atoms. The van der Waals surface area contributed by atoms with Crippen molar-refractivity contribution in [1.29, 1.82) is 0 Å². The molecule has 6 nitrogen and oxygen atoms in total. The smallest absolute Gasteiger partial charge is 0.239 e. The molecule has 1 aromatic rings. The quantitative estimate of drug-likeness (QED) is 0.679. The molecule has 0 bridgehead atoms. The number of nitrogens with two attached hydrogens (primary N) is 1. The Hall–Kier alpha value is -1.56. The molecular weight excluding hydrogens is 230 g/mol. The van der Waals surface area contributed by atoms with E-state index in [1.807, 2.05) is 6.20 Å². The molecule has 2 heterocycles. The van der Waals surface area contributed by atoms with Crippen molar-refractivity contribution in [3.63, 3.8) is 0 Å². The number of primary amides is 1. The highest BCUT2D eigenvalue weighted by atomic mass is 16.1. The van der Waals surface area contributed by atoms with Crippen LogP contribution in [-0.2, 0) is 11.3 Å². The van der Waals surface area contributed by atoms with Gasteiger partial charge in [0.2, 0.25) is 5.91 Å². The lowest BCUT2D eigenvalue weighted by molar-refractivity contribution is -0.118. The summed E-state index contributed by atoms with van der Waals surface area (Å²) in [6.07, 6.45) is 7.16. The lowest BCUT2D eigenvalue weighted by Gasteiger charge is -2.18. The van der Waals surface area contributed by atoms with Crippen LogP contribution in [0, 0.1) is 0 Å². The van der Waals surface area contributed by atoms with Gasteiger partial charge in [-0.15, -0.1) is 0 Å². The summed E-state index contributed by atoms with van der Waals surface area (Å²) in [7, 11) is 0. The van der Waals surface area contributed by atoms with Crippen LogP contribution in [0.5, 0.6) is 0 Å². The zero-order valence-electron chi connectivity index (χ0n) is 10.7. The van der Waals surface area contributed by atoms with Gasteiger partial charge in [0.15, 0.2) is 0 Å². The van der Waals surface area contributed by atoms with E-state index in [0.717, 1.165) is 18.7 Å². The molecule has 6 heteroatoms. The fourth-order valence-corrected chi connectivity index (χ4v) is 2.41. The molecule has 4 N–H and O–H groups in total. The summed E-state index contributed by atoms with van der Waals surface area (Å²) in [5.41, 5.74) is 6.05. The highest BCUT2D eigenvalue weighted by molar-refractivity contribution is 5.73. The van der Waals surface area contributed by atoms with Crippen LogP contribution in [-0.4, -0.2) is 34.3 Å². The van der Waals surface area contributed by atoms with Gasteiger partial charge in [0.05, 0.1) is 11.9 Å². The highest BCUT2D eigenvalue weighted by Crippen LogP contribution is 2.14. The minimum Gasteiger partial charge on any atom is -0.380 e. The van der Waals surface area contributed by atoms with E-state index in [4.69, 9.17) is 5.73 Å². The highest BCUT2D eigenvalue weighted by Gasteiger charge is 2.17. The zero-order chi connectivity index (χ0) is 13.0. The van der Waals surface area contributed by atoms with Crippen molar-refractivity contribution in [3.8, 4) is 0 Å². The van der Waals surface area contributed by atoms with Gasteiger partial charge < -0.3 is 16.4 Å². The molecule has 100 valence electrons. The lowest BCUT2D eigenvalue weighted by atomic mass is 10.1. The Bertz CT molecular complexity index is 397. The van der Waals surface area contributed by atoms with Crippen molar-refractivity contribution >= 4 is 11.6 Å². The fraction of sp³-hybridized carbons (Fsp3) is 0.667. The van der Waals surface area contributed by atoms with Crippen molar-refractivity contribution in [2.45, 2.75) is 44.8 Å². The predicted molar refractivity (Wildman–Crippen MR) is 70.1 cm³/mol. The van der Waals surface area contributed by atoms with Gasteiger partial charge in [-0.3, -0.25) is 9.48 Å². The molecule has 0 radical (unpaired) electrons. The number of hydrogen-bond donors (Lipinski definition) is 3. The van der Waals surface area contributed by atoms with Crippen molar-refractivity contribution in [2.75, 3.05) is 11.9 Å². The fourth-order valence-electron chi connectivity index (χ4n) is 2.41. The molecule has 1 amide bonds. The van der Waals surface area contributed by atoms with Crippen molar-refractivity contribution < 1.29 is 4.79 Å². The van der Waals surface area contributed by atoms with E-state index in [1.165, 1.54) is 12.8 Å². The summed E-state index contributed by atoms with van der Waals surface area (Å²) < 4.78 is 1.55. The topological polar surface area (TPSA) is 85.0 Å². The molecule has 1 aromatic heterocycles. The van der Waals surface area contributed by atoms with E-state index >= 15 is 0 Å². The normalized spacial score (nSPS) is 20.8. The van der Waals surface area contributed by atoms with Crippen LogP contribution in [0.15, 0.2) is 12.4 Å². The number of hydrogen-bond acceptors (Lipinski definition) is 4. The molecular formula is C12H21N5O. The maximum Gasteiger partial charge on any atom is 0.239 e. The van der Waals surface area contributed by atoms with Gasteiger partial charge in [0.1, 0.15) is 6.54 Å². The summed E-state index contributed by atoms with van der Waals surface area (Å²) in [6.45, 7) is 3.42. The first kappa shape index (κ1) is 12.9. The Labute approximate surface area is 107 Å². The van der Waals surface area contributed by atoms with Crippen LogP contribution in [0.1, 0.15) is 26.2 Å². The van der Waals surface area contributed by atoms with Gasteiger partial charge in [-0.2, -0.15) is 5.10 Å². The average molecular weight is 251 g/mol. The van der Waals surface area contributed by atoms with Crippen LogP contribution in [0.3, 0.4) is 0 Å². The second kappa shape index (κ2) is 5.86. The third-order valence-electron chi connectivity index (χ3n) is 3.16. The van der Waals surface area contributed by atoms with Crippen molar-refractivity contribution in [3.05, 3.63) is 12.4 Å². The standard InChI is InChI=1S/C12H21N5O/c1-9(5-10-3-2-4-14-10)16-11-6-15-17(7-11)8-12(13)18/h6-7,9-10,14,16H,2-5,8H2,1H3,(H2,13,18). The van der Waals surface area contributed by atoms with Crippen LogP contribution < -0.4 is 16.4 Å². The van der Waals surface area contributed by atoms with Crippen LogP contribution in [0.2, 0.25) is 0 Å². The van der Waals surface area contributed by atoms with E-state index in [0.29, 0.717) is 12.1 Å². The van der Waals surface area contributed by atoms with Crippen LogP contribution in [0.25, 0.3) is 0 Å². The summed E-state index contributed by atoms with van der Waals surface area (Å²) in [6, 6.07) is 1.000. The molecule has 1 aliphatic rings. The Morgan fingerprint density at radius 2 is 2.61 bits per heavy atom. The number of carbonyl (C=O) groups excluding carboxylic acids is 1. The van der Waals surface area contributed by atoms with E-state index in [1.54, 1.807) is 10.9 Å². The van der Waals surface area contributed by atoms with E-state index in [2.05, 4.69) is 22.7 Å². The molecule has 0 saturated carbocycles. The second-order valence-electron chi connectivity index (χ2n) is 4.97. The van der Waals surface area contributed by atoms with E-state index < -0.39 is 0 Å². The molecule has 2 unspecified atom stereocenters. The van der Waals surface area contributed by atoms with Crippen molar-refractivity contribution in [2.24, 2.45) is 5.73 Å². The van der Waals surface area contributed by atoms with Gasteiger partial charge in [-0.1, -0.05) is 0 Å². The number of anilines is 1. The number of rotatable bonds is 6. The minimum atomic E-state index is -0.382. The summed E-state index contributed by atoms with van der Waals surface area (Å²) in [4.78, 5) is 10.8. The Morgan fingerprint density at radius 1 is 1.78 bits per heavy atom. The molecule has 0 aliphatic carbocycles. The number of nitrogens with one attached hydrogen (secondary N) is 2. The first-order valence-corrected chi connectivity index (χ1v) is 6.44. The summed E-state index contributed by atoms with van der Waals surface area (Å²) >= 11 is 0. The molecule has 1 fully saturated rings. The second-order valence-corrected chi connectivity index (χ2v) is 4.97. The van der Waals surface area contributed by atoms with Gasteiger partial charge >= 0.3 is 0 Å². The molecule has 0 aromatic carbocycles. The predicted octanol–water partition coefficient (Wildman–Crippen LogP) is 0.311. The van der Waals surface area contributed by atoms with Gasteiger partial charge in [-0.05, 0) is 32.7 Å². The third kappa shape index (κ3) is 3.73. The average Bonchev–Trinajstić information content (AvgIpc) is 2.89. The number of amides is 1. The molecule has 1 aliphatic heterocycles. The van der Waals surface area contributed by atoms with Gasteiger partial charge in [-0.25, -0.2) is 0 Å². The minimum absolute atomic E-state index is 0.125. The molecule has 1 saturated heterocycles. The maximum atomic E-state index is 10.8. The SMILES string of the molecule is CC(CC1CCCN1)Nc1cnn(CC(N)=O)c1. The Kier molecular flexibility index (Phi) is 4.19. The number of nitrogens with zero attached hydrogens (tertiary/aromatic N) is 2. The Balaban J connectivity index is 1.80. The largest absolute Gasteiger partial charge is 0.380 e. The van der Waals surface area contributed by atoms with Crippen molar-refractivity contribution in [1.82, 2.24) is 15.1 Å². The van der Waals surface area contributed by atoms with Gasteiger partial charge in [0.25, 0.3) is 0 Å². The van der Waals surface area contributed by atoms with Crippen LogP contribution >= 0.6 is 0 Å². The first-order valence-electron chi connectivity index (χ1n) is 6.44. The lowest BCUT2D eigenvalue weighted by Crippen LogP contribution is -2.29. The van der Waals surface area contributed by atoms with E-state index in [-0.39, 0.29) is 12.5 Å². The zero-order valence-corrected chi connectivity index (χ0v) is 10.7. The molecule has 0 spiro atoms. The first-order chi connectivity index (χ1) is 8.63. The maximum absolute atomic E-state index is 10.8. The molecule has 2 atom stereocenters. The van der Waals surface area contributed by atoms with Gasteiger partial charge in [0, 0.05) is 18.3 Å². The number of aromatic nitrogens is 2. The third-order valence-corrected chi connectivity index (χ3v) is 3.16. The Morgan fingerprint density at radius 3 is 3.28 bits per heavy atom. The summed E-state index contributed by atoms with van der Waals surface area (Å²) in [5, 5.41) is 10.9. The van der Waals surface area contributed by atoms with Crippen LogP contribution in [0.4, 0.5) is 5.69 Å². The van der Waals surface area contributed by atoms with E-state index in [9.17, 15) is 4.79 Å². The summed E-state index contributed by atoms with van der Waals surface area (Å²) in [5.74, 6) is -0.382. The molecule has 2 rings (SSSR count). The number of carbonyl (C=O) groups is 1.